The number of amides is 3. The van der Waals surface area contributed by atoms with Crippen LogP contribution in [-0.4, -0.2) is 35.6 Å². The molecule has 0 spiro atoms. The number of benzene rings is 1. The van der Waals surface area contributed by atoms with E-state index in [2.05, 4.69) is 5.32 Å². The molecule has 134 valence electrons. The van der Waals surface area contributed by atoms with E-state index in [1.807, 2.05) is 19.1 Å². The van der Waals surface area contributed by atoms with Gasteiger partial charge in [-0.15, -0.1) is 11.3 Å². The number of carbonyl (C=O) groups is 3. The Morgan fingerprint density at radius 3 is 2.69 bits per heavy atom. The van der Waals surface area contributed by atoms with Crippen LogP contribution in [0.2, 0.25) is 0 Å². The summed E-state index contributed by atoms with van der Waals surface area (Å²) < 4.78 is 5.17. The zero-order chi connectivity index (χ0) is 18.7. The summed E-state index contributed by atoms with van der Waals surface area (Å²) in [5.41, 5.74) is 0.483. The highest BCUT2D eigenvalue weighted by molar-refractivity contribution is 8.18. The molecule has 3 rings (SSSR count). The molecule has 1 N–H and O–H groups in total. The number of ether oxygens (including phenoxy) is 1. The van der Waals surface area contributed by atoms with Gasteiger partial charge in [0.15, 0.2) is 0 Å². The van der Waals surface area contributed by atoms with Gasteiger partial charge in [-0.2, -0.15) is 0 Å². The van der Waals surface area contributed by atoms with E-state index in [0.29, 0.717) is 16.3 Å². The number of rotatable bonds is 5. The van der Waals surface area contributed by atoms with Gasteiger partial charge in [0.05, 0.1) is 17.7 Å². The summed E-state index contributed by atoms with van der Waals surface area (Å²) in [6.07, 6.45) is 1.68. The average molecular weight is 388 g/mol. The van der Waals surface area contributed by atoms with Crippen LogP contribution in [0.5, 0.6) is 5.75 Å². The van der Waals surface area contributed by atoms with Crippen LogP contribution in [0.15, 0.2) is 41.3 Å². The molecule has 8 heteroatoms. The first-order chi connectivity index (χ1) is 12.5. The van der Waals surface area contributed by atoms with Gasteiger partial charge in [0.2, 0.25) is 5.91 Å². The van der Waals surface area contributed by atoms with Gasteiger partial charge in [-0.25, -0.2) is 0 Å². The monoisotopic (exact) mass is 388 g/mol. The average Bonchev–Trinajstić information content (AvgIpc) is 3.13. The second-order valence-electron chi connectivity index (χ2n) is 5.46. The first-order valence-corrected chi connectivity index (χ1v) is 9.36. The standard InChI is InChI=1S/C18H16N2O4S2/c1-11-7-8-12(25-11)9-15-17(22)20(18(23)26-15)10-16(21)19-13-5-3-4-6-14(13)24-2/h3-9H,10H2,1-2H3,(H,19,21)/b15-9-. The van der Waals surface area contributed by atoms with Gasteiger partial charge in [0.1, 0.15) is 12.3 Å². The Hall–Kier alpha value is -2.58. The van der Waals surface area contributed by atoms with Crippen molar-refractivity contribution in [2.75, 3.05) is 19.0 Å². The number of methoxy groups -OCH3 is 1. The normalized spacial score (nSPS) is 15.6. The number of thiophene rings is 1. The lowest BCUT2D eigenvalue weighted by Crippen LogP contribution is -2.36. The van der Waals surface area contributed by atoms with Crippen molar-refractivity contribution in [1.82, 2.24) is 4.90 Å². The van der Waals surface area contributed by atoms with Crippen molar-refractivity contribution >= 4 is 51.9 Å². The topological polar surface area (TPSA) is 75.7 Å². The van der Waals surface area contributed by atoms with Crippen LogP contribution < -0.4 is 10.1 Å². The summed E-state index contributed by atoms with van der Waals surface area (Å²) in [6, 6.07) is 10.8. The summed E-state index contributed by atoms with van der Waals surface area (Å²) in [6.45, 7) is 1.62. The van der Waals surface area contributed by atoms with Crippen LogP contribution in [0.25, 0.3) is 6.08 Å². The highest BCUT2D eigenvalue weighted by Crippen LogP contribution is 2.33. The number of anilines is 1. The molecule has 1 aromatic heterocycles. The van der Waals surface area contributed by atoms with E-state index < -0.39 is 17.1 Å². The molecule has 2 heterocycles. The second kappa shape index (κ2) is 7.76. The Labute approximate surface area is 158 Å². The summed E-state index contributed by atoms with van der Waals surface area (Å²) in [7, 11) is 1.50. The van der Waals surface area contributed by atoms with Crippen LogP contribution in [0, 0.1) is 6.92 Å². The van der Waals surface area contributed by atoms with Gasteiger partial charge in [-0.1, -0.05) is 12.1 Å². The quantitative estimate of drug-likeness (QED) is 0.790. The molecular weight excluding hydrogens is 372 g/mol. The Bertz CT molecular complexity index is 904. The first kappa shape index (κ1) is 18.2. The lowest BCUT2D eigenvalue weighted by Gasteiger charge is -2.14. The van der Waals surface area contributed by atoms with Crippen molar-refractivity contribution in [3.05, 3.63) is 51.1 Å². The van der Waals surface area contributed by atoms with Crippen LogP contribution in [0.4, 0.5) is 10.5 Å². The predicted molar refractivity (Wildman–Crippen MR) is 103 cm³/mol. The smallest absolute Gasteiger partial charge is 0.294 e. The Morgan fingerprint density at radius 1 is 1.23 bits per heavy atom. The van der Waals surface area contributed by atoms with Crippen LogP contribution in [-0.2, 0) is 9.59 Å². The van der Waals surface area contributed by atoms with Gasteiger partial charge in [-0.3, -0.25) is 19.3 Å². The molecule has 0 bridgehead atoms. The summed E-state index contributed by atoms with van der Waals surface area (Å²) in [4.78, 5) is 40.1. The number of aryl methyl sites for hydroxylation is 1. The number of nitrogens with zero attached hydrogens (tertiary/aromatic N) is 1. The van der Waals surface area contributed by atoms with E-state index in [9.17, 15) is 14.4 Å². The highest BCUT2D eigenvalue weighted by Gasteiger charge is 2.36. The summed E-state index contributed by atoms with van der Waals surface area (Å²) in [5, 5.41) is 2.21. The molecule has 0 saturated carbocycles. The van der Waals surface area contributed by atoms with Gasteiger partial charge in [-0.05, 0) is 49.0 Å². The number of imide groups is 1. The third-order valence-electron chi connectivity index (χ3n) is 3.59. The van der Waals surface area contributed by atoms with Crippen LogP contribution >= 0.6 is 23.1 Å². The Balaban J connectivity index is 1.69. The largest absolute Gasteiger partial charge is 0.495 e. The molecule has 2 aromatic rings. The minimum absolute atomic E-state index is 0.321. The molecule has 1 aromatic carbocycles. The number of thioether (sulfide) groups is 1. The molecule has 1 aliphatic heterocycles. The molecule has 0 aliphatic carbocycles. The van der Waals surface area contributed by atoms with Gasteiger partial charge in [0.25, 0.3) is 11.1 Å². The summed E-state index contributed by atoms with van der Waals surface area (Å²) in [5.74, 6) is -0.422. The van der Waals surface area contributed by atoms with E-state index in [0.717, 1.165) is 26.4 Å². The van der Waals surface area contributed by atoms with Crippen LogP contribution in [0.3, 0.4) is 0 Å². The van der Waals surface area contributed by atoms with Crippen molar-refractivity contribution in [2.24, 2.45) is 0 Å². The third-order valence-corrected chi connectivity index (χ3v) is 5.45. The van der Waals surface area contributed by atoms with Crippen LogP contribution in [0.1, 0.15) is 9.75 Å². The van der Waals surface area contributed by atoms with Gasteiger partial charge < -0.3 is 10.1 Å². The van der Waals surface area contributed by atoms with E-state index in [1.54, 1.807) is 30.3 Å². The number of hydrogen-bond acceptors (Lipinski definition) is 6. The maximum Gasteiger partial charge on any atom is 0.294 e. The van der Waals surface area contributed by atoms with Crippen molar-refractivity contribution in [3.63, 3.8) is 0 Å². The zero-order valence-corrected chi connectivity index (χ0v) is 15.8. The minimum atomic E-state index is -0.468. The molecule has 0 radical (unpaired) electrons. The fourth-order valence-corrected chi connectivity index (χ4v) is 4.10. The molecule has 0 unspecified atom stereocenters. The van der Waals surface area contributed by atoms with E-state index in [4.69, 9.17) is 4.74 Å². The van der Waals surface area contributed by atoms with E-state index in [-0.39, 0.29) is 6.54 Å². The molecule has 0 atom stereocenters. The van der Waals surface area contributed by atoms with E-state index >= 15 is 0 Å². The Morgan fingerprint density at radius 2 is 2.00 bits per heavy atom. The molecule has 1 aliphatic rings. The Kier molecular flexibility index (Phi) is 5.43. The minimum Gasteiger partial charge on any atom is -0.495 e. The zero-order valence-electron chi connectivity index (χ0n) is 14.1. The first-order valence-electron chi connectivity index (χ1n) is 7.72. The number of carbonyl (C=O) groups excluding carboxylic acids is 3. The van der Waals surface area contributed by atoms with Crippen molar-refractivity contribution < 1.29 is 19.1 Å². The predicted octanol–water partition coefficient (Wildman–Crippen LogP) is 3.74. The fraction of sp³-hybridized carbons (Fsp3) is 0.167. The molecule has 1 saturated heterocycles. The number of nitrogens with one attached hydrogen (secondary N) is 1. The number of hydrogen-bond donors (Lipinski definition) is 1. The SMILES string of the molecule is COc1ccccc1NC(=O)CN1C(=O)S/C(=C\c2ccc(C)s2)C1=O. The van der Waals surface area contributed by atoms with Gasteiger partial charge >= 0.3 is 0 Å². The lowest BCUT2D eigenvalue weighted by molar-refractivity contribution is -0.127. The van der Waals surface area contributed by atoms with Crippen molar-refractivity contribution in [1.29, 1.82) is 0 Å². The highest BCUT2D eigenvalue weighted by atomic mass is 32.2. The molecule has 3 amide bonds. The lowest BCUT2D eigenvalue weighted by atomic mass is 10.3. The third kappa shape index (κ3) is 3.97. The summed E-state index contributed by atoms with van der Waals surface area (Å²) >= 11 is 2.38. The maximum absolute atomic E-state index is 12.5. The molecule has 1 fully saturated rings. The van der Waals surface area contributed by atoms with Gasteiger partial charge in [0, 0.05) is 9.75 Å². The fourth-order valence-electron chi connectivity index (χ4n) is 2.38. The van der Waals surface area contributed by atoms with Crippen molar-refractivity contribution in [2.45, 2.75) is 6.92 Å². The molecule has 26 heavy (non-hydrogen) atoms. The van der Waals surface area contributed by atoms with E-state index in [1.165, 1.54) is 18.4 Å². The second-order valence-corrected chi connectivity index (χ2v) is 7.78. The molecular formula is C18H16N2O4S2. The van der Waals surface area contributed by atoms with Crippen molar-refractivity contribution in [3.8, 4) is 5.75 Å². The molecule has 6 nitrogen and oxygen atoms in total. The number of para-hydroxylation sites is 2. The maximum atomic E-state index is 12.5.